The maximum absolute atomic E-state index is 11.7. The Morgan fingerprint density at radius 2 is 2.11 bits per heavy atom. The number of nitrogens with one attached hydrogen (secondary N) is 1. The van der Waals surface area contributed by atoms with E-state index < -0.39 is 0 Å². The molecule has 1 aliphatic heterocycles. The average molecular weight is 273 g/mol. The summed E-state index contributed by atoms with van der Waals surface area (Å²) >= 11 is 0. The lowest BCUT2D eigenvalue weighted by molar-refractivity contribution is 0.141. The smallest absolute Gasteiger partial charge is 0.414 e. The summed E-state index contributed by atoms with van der Waals surface area (Å²) in [6.45, 7) is 1.24. The molecule has 1 atom stereocenters. The first-order valence-corrected chi connectivity index (χ1v) is 5.51. The molecule has 1 fully saturated rings. The van der Waals surface area contributed by atoms with Gasteiger partial charge in [-0.1, -0.05) is 0 Å². The lowest BCUT2D eigenvalue weighted by atomic mass is 10.2. The van der Waals surface area contributed by atoms with Crippen molar-refractivity contribution in [2.75, 3.05) is 32.1 Å². The predicted octanol–water partition coefficient (Wildman–Crippen LogP) is 1.66. The number of hydrogen-bond donors (Lipinski definition) is 1. The highest BCUT2D eigenvalue weighted by molar-refractivity contribution is 5.89. The summed E-state index contributed by atoms with van der Waals surface area (Å²) in [5.41, 5.74) is 0.828. The molecule has 1 saturated heterocycles. The van der Waals surface area contributed by atoms with Gasteiger partial charge in [0, 0.05) is 12.2 Å². The van der Waals surface area contributed by atoms with Crippen molar-refractivity contribution in [3.05, 3.63) is 24.3 Å². The summed E-state index contributed by atoms with van der Waals surface area (Å²) in [6.07, 6.45) is -0.384. The van der Waals surface area contributed by atoms with Crippen LogP contribution in [0, 0.1) is 0 Å². The highest BCUT2D eigenvalue weighted by atomic mass is 35.5. The highest BCUT2D eigenvalue weighted by Crippen LogP contribution is 2.23. The van der Waals surface area contributed by atoms with Gasteiger partial charge in [-0.15, -0.1) is 12.4 Å². The number of ether oxygens (including phenoxy) is 2. The third-order valence-corrected chi connectivity index (χ3v) is 2.69. The van der Waals surface area contributed by atoms with E-state index in [4.69, 9.17) is 9.47 Å². The number of likely N-dealkylation sites (N-methyl/N-ethyl adjacent to an activating group) is 1. The second-order valence-electron chi connectivity index (χ2n) is 3.87. The minimum atomic E-state index is -0.296. The molecule has 5 nitrogen and oxygen atoms in total. The van der Waals surface area contributed by atoms with Crippen LogP contribution in [0.1, 0.15) is 0 Å². The summed E-state index contributed by atoms with van der Waals surface area (Å²) in [7, 11) is 3.45. The van der Waals surface area contributed by atoms with Crippen molar-refractivity contribution in [3.63, 3.8) is 0 Å². The molecule has 0 aromatic heterocycles. The minimum absolute atomic E-state index is 0. The van der Waals surface area contributed by atoms with Crippen molar-refractivity contribution in [1.29, 1.82) is 0 Å². The number of benzene rings is 1. The topological polar surface area (TPSA) is 50.8 Å². The van der Waals surface area contributed by atoms with Crippen LogP contribution in [0.15, 0.2) is 24.3 Å². The van der Waals surface area contributed by atoms with E-state index in [1.807, 2.05) is 31.3 Å². The van der Waals surface area contributed by atoms with E-state index in [2.05, 4.69) is 5.32 Å². The maximum atomic E-state index is 11.7. The van der Waals surface area contributed by atoms with Crippen LogP contribution in [-0.2, 0) is 4.74 Å². The monoisotopic (exact) mass is 272 g/mol. The molecule has 1 aromatic carbocycles. The SMILES string of the molecule is CNCC1CN(c2ccc(OC)cc2)C(=O)O1.Cl. The molecule has 1 unspecified atom stereocenters. The van der Waals surface area contributed by atoms with Gasteiger partial charge in [0.2, 0.25) is 0 Å². The fourth-order valence-electron chi connectivity index (χ4n) is 1.83. The van der Waals surface area contributed by atoms with Crippen molar-refractivity contribution in [2.24, 2.45) is 0 Å². The lowest BCUT2D eigenvalue weighted by Gasteiger charge is -2.13. The molecule has 0 spiro atoms. The number of cyclic esters (lactones) is 1. The Balaban J connectivity index is 0.00000162. The minimum Gasteiger partial charge on any atom is -0.497 e. The van der Waals surface area contributed by atoms with E-state index in [-0.39, 0.29) is 24.6 Å². The van der Waals surface area contributed by atoms with Gasteiger partial charge in [-0.05, 0) is 31.3 Å². The molecule has 0 radical (unpaired) electrons. The zero-order valence-electron chi connectivity index (χ0n) is 10.4. The van der Waals surface area contributed by atoms with Gasteiger partial charge in [-0.3, -0.25) is 4.90 Å². The zero-order chi connectivity index (χ0) is 12.3. The first kappa shape index (κ1) is 14.6. The predicted molar refractivity (Wildman–Crippen MR) is 71.8 cm³/mol. The van der Waals surface area contributed by atoms with Crippen LogP contribution >= 0.6 is 12.4 Å². The Morgan fingerprint density at radius 3 is 2.67 bits per heavy atom. The third kappa shape index (κ3) is 3.05. The molecular weight excluding hydrogens is 256 g/mol. The van der Waals surface area contributed by atoms with E-state index in [9.17, 15) is 4.79 Å². The third-order valence-electron chi connectivity index (χ3n) is 2.69. The van der Waals surface area contributed by atoms with Crippen LogP contribution in [0.5, 0.6) is 5.75 Å². The Kier molecular flexibility index (Phi) is 5.25. The van der Waals surface area contributed by atoms with E-state index in [0.717, 1.165) is 11.4 Å². The molecule has 0 aliphatic carbocycles. The quantitative estimate of drug-likeness (QED) is 0.906. The van der Waals surface area contributed by atoms with E-state index in [0.29, 0.717) is 13.1 Å². The largest absolute Gasteiger partial charge is 0.497 e. The van der Waals surface area contributed by atoms with Gasteiger partial charge >= 0.3 is 6.09 Å². The van der Waals surface area contributed by atoms with Gasteiger partial charge in [-0.25, -0.2) is 4.79 Å². The molecule has 1 aromatic rings. The number of carbonyl (C=O) groups excluding carboxylic acids is 1. The molecule has 1 N–H and O–H groups in total. The van der Waals surface area contributed by atoms with Crippen molar-refractivity contribution in [2.45, 2.75) is 6.10 Å². The van der Waals surface area contributed by atoms with Gasteiger partial charge in [0.15, 0.2) is 0 Å². The Morgan fingerprint density at radius 1 is 1.44 bits per heavy atom. The number of amides is 1. The highest BCUT2D eigenvalue weighted by Gasteiger charge is 2.31. The molecule has 1 amide bonds. The number of hydrogen-bond acceptors (Lipinski definition) is 4. The molecule has 1 heterocycles. The number of nitrogens with zero attached hydrogens (tertiary/aromatic N) is 1. The number of halogens is 1. The van der Waals surface area contributed by atoms with Crippen molar-refractivity contribution >= 4 is 24.2 Å². The first-order valence-electron chi connectivity index (χ1n) is 5.51. The van der Waals surface area contributed by atoms with Crippen LogP contribution in [0.3, 0.4) is 0 Å². The molecule has 0 saturated carbocycles. The number of rotatable bonds is 4. The summed E-state index contributed by atoms with van der Waals surface area (Å²) in [4.78, 5) is 13.3. The van der Waals surface area contributed by atoms with Crippen LogP contribution in [-0.4, -0.2) is 39.4 Å². The zero-order valence-corrected chi connectivity index (χ0v) is 11.2. The second-order valence-corrected chi connectivity index (χ2v) is 3.87. The molecule has 2 rings (SSSR count). The van der Waals surface area contributed by atoms with Crippen molar-refractivity contribution < 1.29 is 14.3 Å². The van der Waals surface area contributed by atoms with Crippen molar-refractivity contribution in [1.82, 2.24) is 5.32 Å². The van der Waals surface area contributed by atoms with Crippen LogP contribution in [0.4, 0.5) is 10.5 Å². The average Bonchev–Trinajstić information content (AvgIpc) is 2.71. The number of methoxy groups -OCH3 is 1. The lowest BCUT2D eigenvalue weighted by Crippen LogP contribution is -2.28. The van der Waals surface area contributed by atoms with Gasteiger partial charge in [-0.2, -0.15) is 0 Å². The van der Waals surface area contributed by atoms with Gasteiger partial charge in [0.05, 0.1) is 13.7 Å². The molecule has 0 bridgehead atoms. The summed E-state index contributed by atoms with van der Waals surface area (Å²) in [6, 6.07) is 7.35. The van der Waals surface area contributed by atoms with Crippen LogP contribution < -0.4 is 15.0 Å². The van der Waals surface area contributed by atoms with Gasteiger partial charge < -0.3 is 14.8 Å². The van der Waals surface area contributed by atoms with Gasteiger partial charge in [0.1, 0.15) is 11.9 Å². The van der Waals surface area contributed by atoms with Crippen molar-refractivity contribution in [3.8, 4) is 5.75 Å². The second kappa shape index (κ2) is 6.47. The van der Waals surface area contributed by atoms with Crippen LogP contribution in [0.25, 0.3) is 0 Å². The molecule has 1 aliphatic rings. The van der Waals surface area contributed by atoms with E-state index >= 15 is 0 Å². The maximum Gasteiger partial charge on any atom is 0.414 e. The summed E-state index contributed by atoms with van der Waals surface area (Å²) in [5.74, 6) is 0.771. The normalized spacial score (nSPS) is 18.2. The Hall–Kier alpha value is -1.46. The summed E-state index contributed by atoms with van der Waals surface area (Å²) in [5, 5.41) is 3.00. The van der Waals surface area contributed by atoms with Gasteiger partial charge in [0.25, 0.3) is 0 Å². The first-order chi connectivity index (χ1) is 8.24. The van der Waals surface area contributed by atoms with Crippen LogP contribution in [0.2, 0.25) is 0 Å². The molecule has 18 heavy (non-hydrogen) atoms. The standard InChI is InChI=1S/C12H16N2O3.ClH/c1-13-7-11-8-14(12(15)17-11)9-3-5-10(16-2)6-4-9;/h3-6,11,13H,7-8H2,1-2H3;1H. The Labute approximate surface area is 112 Å². The number of carbonyl (C=O) groups is 1. The fraction of sp³-hybridized carbons (Fsp3) is 0.417. The van der Waals surface area contributed by atoms with E-state index in [1.165, 1.54) is 0 Å². The Bertz CT molecular complexity index is 397. The van der Waals surface area contributed by atoms with E-state index in [1.54, 1.807) is 12.0 Å². The molecular formula is C12H17ClN2O3. The molecule has 100 valence electrons. The number of anilines is 1. The molecule has 6 heteroatoms. The fourth-order valence-corrected chi connectivity index (χ4v) is 1.83. The summed E-state index contributed by atoms with van der Waals surface area (Å²) < 4.78 is 10.3.